The van der Waals surface area contributed by atoms with Gasteiger partial charge in [-0.3, -0.25) is 0 Å². The zero-order valence-electron chi connectivity index (χ0n) is 10.5. The van der Waals surface area contributed by atoms with Crippen LogP contribution in [0.25, 0.3) is 10.2 Å². The lowest BCUT2D eigenvalue weighted by Gasteiger charge is -2.11. The van der Waals surface area contributed by atoms with Crippen LogP contribution in [0.5, 0.6) is 0 Å². The van der Waals surface area contributed by atoms with Crippen molar-refractivity contribution in [3.05, 3.63) is 46.2 Å². The fourth-order valence-corrected chi connectivity index (χ4v) is 5.47. The molecule has 1 atom stereocenters. The van der Waals surface area contributed by atoms with Crippen LogP contribution in [-0.4, -0.2) is 11.5 Å². The van der Waals surface area contributed by atoms with Crippen molar-refractivity contribution in [3.63, 3.8) is 0 Å². The van der Waals surface area contributed by atoms with Crippen LogP contribution in [0.4, 0.5) is 0 Å². The average Bonchev–Trinajstić information content (AvgIpc) is 3.01. The van der Waals surface area contributed by atoms with E-state index in [1.165, 1.54) is 15.1 Å². The molecule has 2 nitrogen and oxygen atoms in total. The maximum absolute atomic E-state index is 5.94. The van der Waals surface area contributed by atoms with Crippen LogP contribution in [0.3, 0.4) is 0 Å². The maximum atomic E-state index is 5.94. The molecule has 2 aromatic heterocycles. The summed E-state index contributed by atoms with van der Waals surface area (Å²) in [7, 11) is 0. The highest BCUT2D eigenvalue weighted by Gasteiger charge is 2.17. The molecule has 0 bridgehead atoms. The van der Waals surface area contributed by atoms with Gasteiger partial charge in [-0.1, -0.05) is 23.9 Å². The number of rotatable bonds is 4. The van der Waals surface area contributed by atoms with Crippen LogP contribution in [0.1, 0.15) is 15.7 Å². The van der Waals surface area contributed by atoms with E-state index in [2.05, 4.69) is 41.6 Å². The van der Waals surface area contributed by atoms with Crippen LogP contribution in [0, 0.1) is 6.92 Å². The molecule has 3 rings (SSSR count). The van der Waals surface area contributed by atoms with Crippen molar-refractivity contribution in [3.8, 4) is 0 Å². The highest BCUT2D eigenvalue weighted by molar-refractivity contribution is 8.01. The molecule has 19 heavy (non-hydrogen) atoms. The van der Waals surface area contributed by atoms with E-state index in [1.54, 1.807) is 34.4 Å². The van der Waals surface area contributed by atoms with Gasteiger partial charge in [0, 0.05) is 11.4 Å². The van der Waals surface area contributed by atoms with Gasteiger partial charge >= 0.3 is 0 Å². The Labute approximate surface area is 124 Å². The van der Waals surface area contributed by atoms with Crippen molar-refractivity contribution in [1.29, 1.82) is 0 Å². The Morgan fingerprint density at radius 2 is 2.16 bits per heavy atom. The van der Waals surface area contributed by atoms with E-state index in [0.29, 0.717) is 11.8 Å². The highest BCUT2D eigenvalue weighted by atomic mass is 32.2. The molecule has 0 saturated carbocycles. The Hall–Kier alpha value is -0.880. The second kappa shape index (κ2) is 5.63. The van der Waals surface area contributed by atoms with Gasteiger partial charge in [-0.25, -0.2) is 4.98 Å². The Balaban J connectivity index is 1.88. The summed E-state index contributed by atoms with van der Waals surface area (Å²) in [4.78, 5) is 6.04. The summed E-state index contributed by atoms with van der Waals surface area (Å²) in [6.07, 6.45) is 0. The summed E-state index contributed by atoms with van der Waals surface area (Å²) in [5, 5.41) is 2.44. The van der Waals surface area contributed by atoms with Crippen LogP contribution < -0.4 is 5.73 Å². The van der Waals surface area contributed by atoms with Gasteiger partial charge in [0.2, 0.25) is 0 Å². The molecule has 0 amide bonds. The maximum Gasteiger partial charge on any atom is 0.151 e. The molecule has 2 N–H and O–H groups in total. The van der Waals surface area contributed by atoms with E-state index in [4.69, 9.17) is 5.73 Å². The first-order valence-electron chi connectivity index (χ1n) is 6.04. The minimum atomic E-state index is 0.306. The Morgan fingerprint density at radius 3 is 2.84 bits per heavy atom. The summed E-state index contributed by atoms with van der Waals surface area (Å²) >= 11 is 5.31. The number of thiophene rings is 1. The minimum Gasteiger partial charge on any atom is -0.329 e. The molecule has 5 heteroatoms. The summed E-state index contributed by atoms with van der Waals surface area (Å²) in [5.41, 5.74) is 8.34. The van der Waals surface area contributed by atoms with Crippen molar-refractivity contribution in [2.75, 3.05) is 6.54 Å². The molecule has 0 fully saturated rings. The second-order valence-corrected chi connectivity index (χ2v) is 7.69. The van der Waals surface area contributed by atoms with Crippen LogP contribution >= 0.6 is 34.4 Å². The topological polar surface area (TPSA) is 38.9 Å². The number of aromatic nitrogens is 1. The van der Waals surface area contributed by atoms with E-state index >= 15 is 0 Å². The fourth-order valence-electron chi connectivity index (χ4n) is 1.95. The van der Waals surface area contributed by atoms with Crippen molar-refractivity contribution in [1.82, 2.24) is 4.98 Å². The quantitative estimate of drug-likeness (QED) is 0.723. The van der Waals surface area contributed by atoms with Crippen LogP contribution in [0.15, 0.2) is 40.1 Å². The molecular formula is C14H14N2S3. The lowest BCUT2D eigenvalue weighted by molar-refractivity contribution is 0.951. The number of fused-ring (bicyclic) bond motifs is 1. The van der Waals surface area contributed by atoms with Crippen molar-refractivity contribution >= 4 is 44.7 Å². The zero-order chi connectivity index (χ0) is 13.2. The average molecular weight is 306 g/mol. The molecular weight excluding hydrogens is 292 g/mol. The van der Waals surface area contributed by atoms with Crippen LogP contribution in [0.2, 0.25) is 0 Å². The first-order valence-corrected chi connectivity index (χ1v) is 8.62. The zero-order valence-corrected chi connectivity index (χ0v) is 12.9. The van der Waals surface area contributed by atoms with E-state index < -0.39 is 0 Å². The predicted octanol–water partition coefficient (Wildman–Crippen LogP) is 4.46. The number of thioether (sulfide) groups is 1. The Bertz CT molecular complexity index is 654. The SMILES string of the molecule is Cc1ccsc1C(CN)Sc1nc2ccccc2s1. The number of hydrogen-bond donors (Lipinski definition) is 1. The molecule has 98 valence electrons. The van der Waals surface area contributed by atoms with Gasteiger partial charge in [0.1, 0.15) is 0 Å². The summed E-state index contributed by atoms with van der Waals surface area (Å²) in [6.45, 7) is 2.79. The molecule has 1 aromatic carbocycles. The molecule has 3 aromatic rings. The molecule has 2 heterocycles. The number of thiazole rings is 1. The largest absolute Gasteiger partial charge is 0.329 e. The second-order valence-electron chi connectivity index (χ2n) is 4.26. The number of para-hydroxylation sites is 1. The number of nitrogens with two attached hydrogens (primary N) is 1. The molecule has 1 unspecified atom stereocenters. The third kappa shape index (κ3) is 2.69. The van der Waals surface area contributed by atoms with Gasteiger partial charge in [-0.05, 0) is 36.1 Å². The van der Waals surface area contributed by atoms with E-state index in [9.17, 15) is 0 Å². The molecule has 0 spiro atoms. The van der Waals surface area contributed by atoms with Gasteiger partial charge in [0.15, 0.2) is 4.34 Å². The standard InChI is InChI=1S/C14H14N2S3/c1-9-6-7-17-13(9)12(8-15)19-14-16-10-4-2-3-5-11(10)18-14/h2-7,12H,8,15H2,1H3. The van der Waals surface area contributed by atoms with Gasteiger partial charge in [-0.2, -0.15) is 0 Å². The van der Waals surface area contributed by atoms with E-state index in [0.717, 1.165) is 9.86 Å². The number of nitrogens with zero attached hydrogens (tertiary/aromatic N) is 1. The highest BCUT2D eigenvalue weighted by Crippen LogP contribution is 2.41. The molecule has 0 aliphatic heterocycles. The Morgan fingerprint density at radius 1 is 1.32 bits per heavy atom. The van der Waals surface area contributed by atoms with Gasteiger partial charge in [-0.15, -0.1) is 22.7 Å². The molecule has 0 aliphatic rings. The van der Waals surface area contributed by atoms with Gasteiger partial charge in [0.25, 0.3) is 0 Å². The first kappa shape index (κ1) is 13.1. The third-order valence-corrected chi connectivity index (χ3v) is 6.58. The molecule has 0 saturated heterocycles. The van der Waals surface area contributed by atoms with Gasteiger partial charge in [0.05, 0.1) is 15.5 Å². The summed E-state index contributed by atoms with van der Waals surface area (Å²) < 4.78 is 2.34. The molecule has 0 aliphatic carbocycles. The van der Waals surface area contributed by atoms with Gasteiger partial charge < -0.3 is 5.73 Å². The number of hydrogen-bond acceptors (Lipinski definition) is 5. The molecule has 0 radical (unpaired) electrons. The Kier molecular flexibility index (Phi) is 3.88. The fraction of sp³-hybridized carbons (Fsp3) is 0.214. The van der Waals surface area contributed by atoms with Crippen molar-refractivity contribution in [2.45, 2.75) is 16.5 Å². The third-order valence-electron chi connectivity index (χ3n) is 2.93. The van der Waals surface area contributed by atoms with E-state index in [1.807, 2.05) is 6.07 Å². The van der Waals surface area contributed by atoms with Crippen molar-refractivity contribution < 1.29 is 0 Å². The van der Waals surface area contributed by atoms with E-state index in [-0.39, 0.29) is 0 Å². The normalized spacial score (nSPS) is 12.9. The lowest BCUT2D eigenvalue weighted by Crippen LogP contribution is -2.08. The lowest BCUT2D eigenvalue weighted by atomic mass is 10.2. The summed E-state index contributed by atoms with van der Waals surface area (Å²) in [6, 6.07) is 10.4. The van der Waals surface area contributed by atoms with Crippen molar-refractivity contribution in [2.24, 2.45) is 5.73 Å². The minimum absolute atomic E-state index is 0.306. The monoisotopic (exact) mass is 306 g/mol. The first-order chi connectivity index (χ1) is 9.28. The predicted molar refractivity (Wildman–Crippen MR) is 86.3 cm³/mol. The van der Waals surface area contributed by atoms with Crippen LogP contribution in [-0.2, 0) is 0 Å². The smallest absolute Gasteiger partial charge is 0.151 e. The summed E-state index contributed by atoms with van der Waals surface area (Å²) in [5.74, 6) is 0. The number of benzene rings is 1. The number of aryl methyl sites for hydroxylation is 1.